The summed E-state index contributed by atoms with van der Waals surface area (Å²) in [7, 11) is 0. The highest BCUT2D eigenvalue weighted by atomic mass is 16.6. The molecule has 0 N–H and O–H groups in total. The highest BCUT2D eigenvalue weighted by molar-refractivity contribution is 5.28. The van der Waals surface area contributed by atoms with Crippen molar-refractivity contribution >= 4 is 0 Å². The van der Waals surface area contributed by atoms with Gasteiger partial charge in [0.15, 0.2) is 0 Å². The van der Waals surface area contributed by atoms with Gasteiger partial charge in [0.1, 0.15) is 25.9 Å². The fourth-order valence-corrected chi connectivity index (χ4v) is 4.83. The zero-order valence-electron chi connectivity index (χ0n) is 15.6. The van der Waals surface area contributed by atoms with Crippen LogP contribution in [0, 0.1) is 0 Å². The monoisotopic (exact) mass is 360 g/mol. The number of nitrogens with zero attached hydrogens (tertiary/aromatic N) is 2. The van der Waals surface area contributed by atoms with E-state index in [9.17, 15) is 0 Å². The molecule has 5 rings (SSSR count). The summed E-state index contributed by atoms with van der Waals surface area (Å²) in [4.78, 5) is 4.73. The van der Waals surface area contributed by atoms with Crippen LogP contribution >= 0.6 is 0 Å². The lowest BCUT2D eigenvalue weighted by molar-refractivity contribution is -0.00858. The van der Waals surface area contributed by atoms with Gasteiger partial charge in [-0.15, -0.1) is 0 Å². The van der Waals surface area contributed by atoms with Crippen LogP contribution in [-0.2, 0) is 18.9 Å². The molecule has 0 unspecified atom stereocenters. The summed E-state index contributed by atoms with van der Waals surface area (Å²) in [6, 6.07) is 8.71. The van der Waals surface area contributed by atoms with Crippen LogP contribution in [-0.4, -0.2) is 60.8 Å². The first-order chi connectivity index (χ1) is 12.7. The van der Waals surface area contributed by atoms with Gasteiger partial charge in [0.25, 0.3) is 0 Å². The summed E-state index contributed by atoms with van der Waals surface area (Å²) in [6.45, 7) is 8.74. The summed E-state index contributed by atoms with van der Waals surface area (Å²) in [5.41, 5.74) is 2.47. The number of fused-ring (bicyclic) bond motifs is 2. The predicted molar refractivity (Wildman–Crippen MR) is 95.2 cm³/mol. The molecule has 0 aromatic heterocycles. The Bertz CT molecular complexity index is 611. The second-order valence-electron chi connectivity index (χ2n) is 8.04. The smallest absolute Gasteiger partial charge is 0.139 e. The van der Waals surface area contributed by atoms with Gasteiger partial charge in [0, 0.05) is 0 Å². The third-order valence-corrected chi connectivity index (χ3v) is 6.83. The maximum atomic E-state index is 6.15. The molecule has 26 heavy (non-hydrogen) atoms. The van der Waals surface area contributed by atoms with Gasteiger partial charge in [-0.05, 0) is 24.0 Å². The molecule has 4 aliphatic heterocycles. The maximum Gasteiger partial charge on any atom is 0.139 e. The van der Waals surface area contributed by atoms with E-state index in [1.807, 2.05) is 0 Å². The van der Waals surface area contributed by atoms with Gasteiger partial charge in [-0.2, -0.15) is 0 Å². The van der Waals surface area contributed by atoms with Gasteiger partial charge in [0.05, 0.1) is 37.5 Å². The van der Waals surface area contributed by atoms with E-state index in [0.717, 1.165) is 39.3 Å². The lowest BCUT2D eigenvalue weighted by Gasteiger charge is -2.30. The lowest BCUT2D eigenvalue weighted by Crippen LogP contribution is -2.43. The molecule has 0 aliphatic carbocycles. The predicted octanol–water partition coefficient (Wildman–Crippen LogP) is 2.62. The van der Waals surface area contributed by atoms with Crippen molar-refractivity contribution in [3.05, 3.63) is 35.4 Å². The van der Waals surface area contributed by atoms with Crippen LogP contribution in [0.2, 0.25) is 0 Å². The standard InChI is InChI=1S/C20H28N2O4/c1-3-19-9-23-13-21(19)17(25-11-19)15-5-7-16(8-6-15)18-22-14-24-10-20(22,4-2)12-26-18/h5-8,17-18H,3-4,9-14H2,1-2H3/t17-,18+,19+,20-. The Hall–Kier alpha value is -1.02. The number of hydrogen-bond acceptors (Lipinski definition) is 6. The van der Waals surface area contributed by atoms with E-state index in [2.05, 4.69) is 47.9 Å². The van der Waals surface area contributed by atoms with Crippen molar-refractivity contribution in [3.63, 3.8) is 0 Å². The topological polar surface area (TPSA) is 43.4 Å². The Morgan fingerprint density at radius 3 is 1.58 bits per heavy atom. The first-order valence-corrected chi connectivity index (χ1v) is 9.73. The average Bonchev–Trinajstić information content (AvgIpc) is 3.41. The minimum Gasteiger partial charge on any atom is -0.364 e. The molecule has 1 aromatic rings. The van der Waals surface area contributed by atoms with Gasteiger partial charge < -0.3 is 18.9 Å². The maximum absolute atomic E-state index is 6.15. The second-order valence-corrected chi connectivity index (χ2v) is 8.04. The number of ether oxygens (including phenoxy) is 4. The normalized spacial score (nSPS) is 40.2. The van der Waals surface area contributed by atoms with Crippen LogP contribution in [0.5, 0.6) is 0 Å². The highest BCUT2D eigenvalue weighted by Crippen LogP contribution is 2.44. The molecule has 1 aromatic carbocycles. The fourth-order valence-electron chi connectivity index (χ4n) is 4.83. The summed E-state index contributed by atoms with van der Waals surface area (Å²) < 4.78 is 23.8. The van der Waals surface area contributed by atoms with Crippen molar-refractivity contribution in [3.8, 4) is 0 Å². The van der Waals surface area contributed by atoms with Gasteiger partial charge in [-0.1, -0.05) is 38.1 Å². The fraction of sp³-hybridized carbons (Fsp3) is 0.700. The van der Waals surface area contributed by atoms with Gasteiger partial charge in [-0.25, -0.2) is 9.80 Å². The minimum atomic E-state index is -0.0131. The summed E-state index contributed by atoms with van der Waals surface area (Å²) >= 11 is 0. The molecule has 6 heteroatoms. The van der Waals surface area contributed by atoms with Crippen molar-refractivity contribution in [1.82, 2.24) is 9.80 Å². The van der Waals surface area contributed by atoms with Crippen LogP contribution in [0.25, 0.3) is 0 Å². The molecule has 0 spiro atoms. The van der Waals surface area contributed by atoms with Crippen molar-refractivity contribution in [1.29, 1.82) is 0 Å². The van der Waals surface area contributed by atoms with E-state index in [-0.39, 0.29) is 23.5 Å². The van der Waals surface area contributed by atoms with Crippen LogP contribution in [0.1, 0.15) is 50.3 Å². The largest absolute Gasteiger partial charge is 0.364 e. The van der Waals surface area contributed by atoms with Crippen LogP contribution in [0.4, 0.5) is 0 Å². The van der Waals surface area contributed by atoms with E-state index in [1.165, 1.54) is 11.1 Å². The molecule has 6 nitrogen and oxygen atoms in total. The first-order valence-electron chi connectivity index (χ1n) is 9.73. The van der Waals surface area contributed by atoms with E-state index in [0.29, 0.717) is 13.5 Å². The molecule has 4 heterocycles. The molecule has 0 bridgehead atoms. The van der Waals surface area contributed by atoms with Crippen molar-refractivity contribution < 1.29 is 18.9 Å². The molecule has 4 atom stereocenters. The molecule has 4 fully saturated rings. The molecule has 0 radical (unpaired) electrons. The Morgan fingerprint density at radius 1 is 0.769 bits per heavy atom. The lowest BCUT2D eigenvalue weighted by atomic mass is 9.97. The third-order valence-electron chi connectivity index (χ3n) is 6.83. The molecule has 4 aliphatic rings. The van der Waals surface area contributed by atoms with Gasteiger partial charge >= 0.3 is 0 Å². The summed E-state index contributed by atoms with van der Waals surface area (Å²) in [6.07, 6.45) is 2.07. The highest BCUT2D eigenvalue weighted by Gasteiger charge is 2.52. The van der Waals surface area contributed by atoms with Gasteiger partial charge in [0.2, 0.25) is 0 Å². The molecule has 4 saturated heterocycles. The molecule has 0 saturated carbocycles. The van der Waals surface area contributed by atoms with Crippen molar-refractivity contribution in [2.75, 3.05) is 39.9 Å². The zero-order chi connectivity index (χ0) is 17.8. The van der Waals surface area contributed by atoms with E-state index in [1.54, 1.807) is 0 Å². The number of benzene rings is 1. The second kappa shape index (κ2) is 6.26. The first kappa shape index (κ1) is 17.1. The SMILES string of the molecule is CC[C@@]12COCN1[C@@H](c1ccc([C@@H]3OC[C@@]4(CC)COCN34)cc1)OC2. The van der Waals surface area contributed by atoms with E-state index in [4.69, 9.17) is 18.9 Å². The minimum absolute atomic E-state index is 0.0131. The quantitative estimate of drug-likeness (QED) is 0.822. The Morgan fingerprint density at radius 2 is 1.19 bits per heavy atom. The molecule has 142 valence electrons. The summed E-state index contributed by atoms with van der Waals surface area (Å²) in [5.74, 6) is 0. The van der Waals surface area contributed by atoms with Crippen molar-refractivity contribution in [2.24, 2.45) is 0 Å². The Balaban J connectivity index is 1.36. The molecular formula is C20H28N2O4. The van der Waals surface area contributed by atoms with E-state index < -0.39 is 0 Å². The Labute approximate surface area is 154 Å². The third kappa shape index (κ3) is 2.33. The number of rotatable bonds is 4. The molecule has 0 amide bonds. The van der Waals surface area contributed by atoms with Gasteiger partial charge in [-0.3, -0.25) is 0 Å². The zero-order valence-corrected chi connectivity index (χ0v) is 15.6. The Kier molecular flexibility index (Phi) is 4.12. The average molecular weight is 360 g/mol. The molecular weight excluding hydrogens is 332 g/mol. The number of hydrogen-bond donors (Lipinski definition) is 0. The van der Waals surface area contributed by atoms with Crippen molar-refractivity contribution in [2.45, 2.75) is 50.2 Å². The van der Waals surface area contributed by atoms with Crippen LogP contribution < -0.4 is 0 Å². The van der Waals surface area contributed by atoms with Crippen LogP contribution in [0.15, 0.2) is 24.3 Å². The van der Waals surface area contributed by atoms with Crippen LogP contribution in [0.3, 0.4) is 0 Å². The van der Waals surface area contributed by atoms with E-state index >= 15 is 0 Å². The summed E-state index contributed by atoms with van der Waals surface area (Å²) in [5, 5.41) is 0.